The van der Waals surface area contributed by atoms with E-state index in [2.05, 4.69) is 300 Å². The van der Waals surface area contributed by atoms with Crippen LogP contribution < -0.4 is 9.80 Å². The molecule has 2 aromatic heterocycles. The lowest BCUT2D eigenvalue weighted by Gasteiger charge is -2.27. The Morgan fingerprint density at radius 2 is 0.644 bits per heavy atom. The Morgan fingerprint density at radius 1 is 0.274 bits per heavy atom. The number of anilines is 6. The molecular weight excluding hydrogens is 885 g/mol. The van der Waals surface area contributed by atoms with E-state index in [1.165, 1.54) is 65.9 Å². The van der Waals surface area contributed by atoms with Crippen LogP contribution in [0.1, 0.15) is 25.0 Å². The summed E-state index contributed by atoms with van der Waals surface area (Å²) in [6.07, 6.45) is 0. The molecule has 1 aliphatic rings. The maximum atomic E-state index is 2.43. The van der Waals surface area contributed by atoms with Crippen LogP contribution in [0, 0.1) is 0 Å². The van der Waals surface area contributed by atoms with E-state index in [0.717, 1.165) is 56.6 Å². The van der Waals surface area contributed by atoms with Crippen molar-refractivity contribution in [1.82, 2.24) is 9.13 Å². The van der Waals surface area contributed by atoms with Crippen LogP contribution in [-0.4, -0.2) is 9.13 Å². The summed E-state index contributed by atoms with van der Waals surface area (Å²) < 4.78 is 4.76. The lowest BCUT2D eigenvalue weighted by molar-refractivity contribution is 0.660. The van der Waals surface area contributed by atoms with Crippen LogP contribution >= 0.6 is 0 Å². The van der Waals surface area contributed by atoms with Crippen LogP contribution in [0.2, 0.25) is 0 Å². The van der Waals surface area contributed by atoms with Gasteiger partial charge in [0.25, 0.3) is 0 Å². The third kappa shape index (κ3) is 6.90. The van der Waals surface area contributed by atoms with Gasteiger partial charge in [-0.1, -0.05) is 159 Å². The molecular formula is C69H50N4. The number of hydrogen-bond donors (Lipinski definition) is 0. The van der Waals surface area contributed by atoms with Gasteiger partial charge in [-0.15, -0.1) is 0 Å². The highest BCUT2D eigenvalue weighted by atomic mass is 15.1. The van der Waals surface area contributed by atoms with Crippen molar-refractivity contribution in [2.75, 3.05) is 9.80 Å². The first-order valence-electron chi connectivity index (χ1n) is 25.3. The monoisotopic (exact) mass is 934 g/mol. The minimum Gasteiger partial charge on any atom is -0.310 e. The molecule has 0 aliphatic heterocycles. The Balaban J connectivity index is 0.855. The number of rotatable bonds is 9. The number of benzene rings is 11. The fourth-order valence-electron chi connectivity index (χ4n) is 11.8. The highest BCUT2D eigenvalue weighted by Gasteiger charge is 2.35. The number of hydrogen-bond acceptors (Lipinski definition) is 2. The van der Waals surface area contributed by atoms with Crippen LogP contribution in [0.4, 0.5) is 34.1 Å². The summed E-state index contributed by atoms with van der Waals surface area (Å²) in [4.78, 5) is 4.80. The maximum Gasteiger partial charge on any atom is 0.0542 e. The van der Waals surface area contributed by atoms with Crippen LogP contribution in [0.15, 0.2) is 267 Å². The summed E-state index contributed by atoms with van der Waals surface area (Å²) in [7, 11) is 0. The molecule has 1 aliphatic carbocycles. The summed E-state index contributed by atoms with van der Waals surface area (Å²) in [5.74, 6) is 0. The van der Waals surface area contributed by atoms with Gasteiger partial charge < -0.3 is 18.9 Å². The molecule has 0 amide bonds. The molecule has 0 saturated carbocycles. The molecule has 14 rings (SSSR count). The third-order valence-corrected chi connectivity index (χ3v) is 15.3. The molecule has 0 spiro atoms. The number of aromatic nitrogens is 2. The molecule has 0 radical (unpaired) electrons. The van der Waals surface area contributed by atoms with Crippen molar-refractivity contribution in [3.63, 3.8) is 0 Å². The van der Waals surface area contributed by atoms with Crippen molar-refractivity contribution in [2.24, 2.45) is 0 Å². The number of nitrogens with zero attached hydrogens (tertiary/aromatic N) is 4. The second-order valence-corrected chi connectivity index (χ2v) is 19.8. The standard InChI is InChI=1S/C69H50N4/c1-69(2)63-27-15-12-24-57(63)60-44-54(38-41-64(60)69)71(56-40-43-68-62(46-56)59-26-14-17-29-66(59)73(68)51-22-10-5-11-23-51)53-36-32-48(33-37-53)47-30-34-52(35-31-47)70(49-18-6-3-7-19-49)55-39-42-67-61(45-55)58-25-13-16-28-65(58)72(67)50-20-8-4-9-21-50/h3-46H,1-2H3. The summed E-state index contributed by atoms with van der Waals surface area (Å²) in [6, 6.07) is 97.5. The highest BCUT2D eigenvalue weighted by molar-refractivity contribution is 6.12. The molecule has 4 nitrogen and oxygen atoms in total. The molecule has 13 aromatic rings. The molecule has 0 unspecified atom stereocenters. The van der Waals surface area contributed by atoms with Gasteiger partial charge >= 0.3 is 0 Å². The van der Waals surface area contributed by atoms with Gasteiger partial charge in [0.2, 0.25) is 0 Å². The van der Waals surface area contributed by atoms with Crippen molar-refractivity contribution < 1.29 is 0 Å². The van der Waals surface area contributed by atoms with Gasteiger partial charge in [0, 0.05) is 72.5 Å². The summed E-state index contributed by atoms with van der Waals surface area (Å²) >= 11 is 0. The second-order valence-electron chi connectivity index (χ2n) is 19.8. The van der Waals surface area contributed by atoms with Crippen molar-refractivity contribution in [3.05, 3.63) is 278 Å². The molecule has 346 valence electrons. The Bertz CT molecular complexity index is 4210. The highest BCUT2D eigenvalue weighted by Crippen LogP contribution is 2.51. The smallest absolute Gasteiger partial charge is 0.0542 e. The first kappa shape index (κ1) is 42.5. The van der Waals surface area contributed by atoms with E-state index in [1.807, 2.05) is 0 Å². The predicted octanol–water partition coefficient (Wildman–Crippen LogP) is 18.8. The van der Waals surface area contributed by atoms with E-state index in [9.17, 15) is 0 Å². The lowest BCUT2D eigenvalue weighted by atomic mass is 9.82. The van der Waals surface area contributed by atoms with Crippen molar-refractivity contribution in [1.29, 1.82) is 0 Å². The van der Waals surface area contributed by atoms with Crippen LogP contribution in [-0.2, 0) is 5.41 Å². The van der Waals surface area contributed by atoms with Gasteiger partial charge in [-0.05, 0) is 155 Å². The first-order valence-corrected chi connectivity index (χ1v) is 25.3. The SMILES string of the molecule is CC1(C)c2ccccc2-c2cc(N(c3ccc(-c4ccc(N(c5ccccc5)c5ccc6c(c5)c5ccccc5n6-c5ccccc5)cc4)cc3)c3ccc4c(c3)c3ccccc3n4-c3ccccc3)ccc21. The molecule has 0 bridgehead atoms. The molecule has 11 aromatic carbocycles. The summed E-state index contributed by atoms with van der Waals surface area (Å²) in [6.45, 7) is 4.70. The van der Waals surface area contributed by atoms with Gasteiger partial charge in [0.05, 0.1) is 22.1 Å². The molecule has 0 fully saturated rings. The third-order valence-electron chi connectivity index (χ3n) is 15.3. The van der Waals surface area contributed by atoms with E-state index in [-0.39, 0.29) is 5.41 Å². The normalized spacial score (nSPS) is 12.6. The molecule has 4 heteroatoms. The van der Waals surface area contributed by atoms with Crippen LogP contribution in [0.25, 0.3) is 77.2 Å². The van der Waals surface area contributed by atoms with Gasteiger partial charge in [-0.2, -0.15) is 0 Å². The van der Waals surface area contributed by atoms with E-state index in [1.54, 1.807) is 0 Å². The summed E-state index contributed by atoms with van der Waals surface area (Å²) in [5, 5.41) is 4.90. The Hall–Kier alpha value is -9.38. The zero-order valence-corrected chi connectivity index (χ0v) is 40.7. The topological polar surface area (TPSA) is 16.3 Å². The zero-order valence-electron chi connectivity index (χ0n) is 40.7. The summed E-state index contributed by atoms with van der Waals surface area (Å²) in [5.41, 5.74) is 21.3. The van der Waals surface area contributed by atoms with Gasteiger partial charge in [-0.3, -0.25) is 0 Å². The largest absolute Gasteiger partial charge is 0.310 e. The Labute approximate surface area is 425 Å². The van der Waals surface area contributed by atoms with Gasteiger partial charge in [0.1, 0.15) is 0 Å². The average molecular weight is 935 g/mol. The Morgan fingerprint density at radius 3 is 1.18 bits per heavy atom. The van der Waals surface area contributed by atoms with E-state index >= 15 is 0 Å². The minimum absolute atomic E-state index is 0.0827. The molecule has 0 atom stereocenters. The van der Waals surface area contributed by atoms with E-state index < -0.39 is 0 Å². The predicted molar refractivity (Wildman–Crippen MR) is 307 cm³/mol. The van der Waals surface area contributed by atoms with Crippen molar-refractivity contribution >= 4 is 77.7 Å². The first-order chi connectivity index (χ1) is 36.0. The lowest BCUT2D eigenvalue weighted by Crippen LogP contribution is -2.15. The Kier molecular flexibility index (Phi) is 9.84. The number of fused-ring (bicyclic) bond motifs is 9. The fourth-order valence-corrected chi connectivity index (χ4v) is 11.8. The van der Waals surface area contributed by atoms with Crippen LogP contribution in [0.5, 0.6) is 0 Å². The van der Waals surface area contributed by atoms with Gasteiger partial charge in [-0.25, -0.2) is 0 Å². The average Bonchev–Trinajstić information content (AvgIpc) is 4.04. The number of para-hydroxylation sites is 5. The van der Waals surface area contributed by atoms with Crippen molar-refractivity contribution in [3.8, 4) is 33.6 Å². The van der Waals surface area contributed by atoms with E-state index in [0.29, 0.717) is 0 Å². The quantitative estimate of drug-likeness (QED) is 0.143. The van der Waals surface area contributed by atoms with Crippen molar-refractivity contribution in [2.45, 2.75) is 19.3 Å². The second kappa shape index (κ2) is 16.9. The fraction of sp³-hybridized carbons (Fsp3) is 0.0435. The minimum atomic E-state index is -0.0827. The molecule has 0 N–H and O–H groups in total. The maximum absolute atomic E-state index is 2.43. The molecule has 0 saturated heterocycles. The zero-order chi connectivity index (χ0) is 48.6. The van der Waals surface area contributed by atoms with E-state index in [4.69, 9.17) is 0 Å². The van der Waals surface area contributed by atoms with Crippen LogP contribution in [0.3, 0.4) is 0 Å². The van der Waals surface area contributed by atoms with Gasteiger partial charge in [0.15, 0.2) is 0 Å². The molecule has 73 heavy (non-hydrogen) atoms. The molecule has 2 heterocycles.